The van der Waals surface area contributed by atoms with Crippen LogP contribution in [0.4, 0.5) is 0 Å². The number of nitrogens with zero attached hydrogens (tertiary/aromatic N) is 2. The molecule has 0 aliphatic carbocycles. The summed E-state index contributed by atoms with van der Waals surface area (Å²) in [7, 11) is -0.721. The first-order chi connectivity index (χ1) is 16.3. The van der Waals surface area contributed by atoms with E-state index in [1.807, 2.05) is 6.92 Å². The summed E-state index contributed by atoms with van der Waals surface area (Å²) < 4.78 is 40.2. The van der Waals surface area contributed by atoms with E-state index >= 15 is 0 Å². The zero-order valence-electron chi connectivity index (χ0n) is 19.8. The van der Waals surface area contributed by atoms with Crippen LogP contribution in [0.3, 0.4) is 0 Å². The average Bonchev–Trinajstić information content (AvgIpc) is 3.22. The Morgan fingerprint density at radius 1 is 1.14 bits per heavy atom. The van der Waals surface area contributed by atoms with Crippen LogP contribution in [0.15, 0.2) is 57.7 Å². The van der Waals surface area contributed by atoms with Crippen molar-refractivity contribution in [3.05, 3.63) is 75.2 Å². The fourth-order valence-electron chi connectivity index (χ4n) is 3.16. The van der Waals surface area contributed by atoms with Crippen LogP contribution in [0.5, 0.6) is 11.5 Å². The molecule has 9 nitrogen and oxygen atoms in total. The van der Waals surface area contributed by atoms with E-state index < -0.39 is 15.9 Å². The number of hydrogen-bond donors (Lipinski definition) is 1. The van der Waals surface area contributed by atoms with Crippen molar-refractivity contribution in [3.8, 4) is 11.5 Å². The smallest absolute Gasteiger partial charge is 0.283 e. The second kappa shape index (κ2) is 13.7. The van der Waals surface area contributed by atoms with Gasteiger partial charge in [-0.05, 0) is 31.2 Å². The van der Waals surface area contributed by atoms with Crippen LogP contribution in [0.25, 0.3) is 5.73 Å². The first-order valence-electron chi connectivity index (χ1n) is 10.5. The van der Waals surface area contributed by atoms with Crippen molar-refractivity contribution in [2.24, 2.45) is 4.99 Å². The van der Waals surface area contributed by atoms with Gasteiger partial charge in [0.2, 0.25) is 10.0 Å². The third-order valence-corrected chi connectivity index (χ3v) is 7.38. The second-order valence-electron chi connectivity index (χ2n) is 7.39. The molecule has 1 heterocycles. The number of aryl methyl sites for hydroxylation is 1. The molecule has 1 aromatic heterocycles. The van der Waals surface area contributed by atoms with Gasteiger partial charge in [-0.1, -0.05) is 24.1 Å². The fraction of sp³-hybridized carbons (Fsp3) is 0.304. The quantitative estimate of drug-likeness (QED) is 0.342. The number of thiazole rings is 1. The predicted molar refractivity (Wildman–Crippen MR) is 131 cm³/mol. The summed E-state index contributed by atoms with van der Waals surface area (Å²) in [6.45, 7) is 2.54. The van der Waals surface area contributed by atoms with Gasteiger partial charge in [0.15, 0.2) is 4.80 Å². The summed E-state index contributed by atoms with van der Waals surface area (Å²) in [5.41, 5.74) is 9.40. The van der Waals surface area contributed by atoms with Crippen LogP contribution < -0.4 is 19.0 Å². The van der Waals surface area contributed by atoms with Crippen molar-refractivity contribution in [2.75, 3.05) is 20.8 Å². The number of benzene rings is 2. The van der Waals surface area contributed by atoms with Gasteiger partial charge in [0.05, 0.1) is 31.2 Å². The van der Waals surface area contributed by atoms with Gasteiger partial charge in [-0.2, -0.15) is 4.99 Å². The maximum atomic E-state index is 12.9. The van der Waals surface area contributed by atoms with E-state index in [-0.39, 0.29) is 67.6 Å². The number of nitrogens with one attached hydrogen (secondary N) is 2. The van der Waals surface area contributed by atoms with E-state index in [1.54, 1.807) is 52.4 Å². The maximum absolute atomic E-state index is 12.9. The Bertz CT molecular complexity index is 1320. The Labute approximate surface area is 245 Å². The predicted octanol–water partition coefficient (Wildman–Crippen LogP) is 3.54. The summed E-state index contributed by atoms with van der Waals surface area (Å²) in [6.07, 6.45) is 0.529. The van der Waals surface area contributed by atoms with Gasteiger partial charge >= 0.3 is 0 Å². The average molecular weight is 731 g/mol. The molecule has 35 heavy (non-hydrogen) atoms. The molecule has 0 bridgehead atoms. The molecule has 1 radical (unpaired) electrons. The topological polar surface area (TPSA) is 123 Å². The van der Waals surface area contributed by atoms with E-state index in [2.05, 4.69) is 9.71 Å². The number of rotatable bonds is 10. The molecule has 12 heteroatoms. The minimum Gasteiger partial charge on any atom is -0.677 e. The monoisotopic (exact) mass is 730 g/mol. The van der Waals surface area contributed by atoms with Crippen molar-refractivity contribution in [3.63, 3.8) is 0 Å². The van der Waals surface area contributed by atoms with Gasteiger partial charge in [0, 0.05) is 67.7 Å². The zero-order valence-corrected chi connectivity index (χ0v) is 26.2. The van der Waals surface area contributed by atoms with Gasteiger partial charge < -0.3 is 19.8 Å². The van der Waals surface area contributed by atoms with Gasteiger partial charge in [-0.3, -0.25) is 4.79 Å². The Kier molecular flexibility index (Phi) is 11.6. The Morgan fingerprint density at radius 3 is 2.49 bits per heavy atom. The molecule has 3 aromatic rings. The van der Waals surface area contributed by atoms with Gasteiger partial charge in [0.1, 0.15) is 11.5 Å². The van der Waals surface area contributed by atoms with E-state index in [0.29, 0.717) is 35.0 Å². The van der Waals surface area contributed by atoms with Gasteiger partial charge in [-0.25, -0.2) is 13.1 Å². The number of ether oxygens (including phenoxy) is 2. The molecule has 0 aliphatic heterocycles. The minimum atomic E-state index is -3.71. The number of carbonyl (C=O) groups is 1. The van der Waals surface area contributed by atoms with Crippen LogP contribution in [-0.4, -0.2) is 39.7 Å². The molecule has 185 valence electrons. The van der Waals surface area contributed by atoms with Crippen LogP contribution >= 0.6 is 11.3 Å². The number of carbonyl (C=O) groups excluding carboxylic acids is 1. The van der Waals surface area contributed by atoms with Crippen molar-refractivity contribution in [2.45, 2.75) is 31.3 Å². The summed E-state index contributed by atoms with van der Waals surface area (Å²) in [5.74, 6) is 0.402. The number of aromatic nitrogens is 1. The van der Waals surface area contributed by atoms with E-state index in [4.69, 9.17) is 15.2 Å². The first-order valence-corrected chi connectivity index (χ1v) is 12.8. The molecule has 0 fully saturated rings. The van der Waals surface area contributed by atoms with Gasteiger partial charge in [-0.15, -0.1) is 17.9 Å². The van der Waals surface area contributed by atoms with E-state index in [9.17, 15) is 13.2 Å². The zero-order chi connectivity index (χ0) is 24.7. The third-order valence-electron chi connectivity index (χ3n) is 5.05. The molecule has 2 aromatic carbocycles. The molecule has 0 saturated heterocycles. The standard InChI is InChI=1S/C23H27N4O5S2.Ac/c1-16-5-8-19(9-6-16)34(29,30)25-14-17-15-33-23(27(17)12-4-11-24)26-22(28)20-10-7-18(31-2)13-21(20)32-3;/h5-10,13,15,24-25H,4,11-12,14H2,1-3H3;/q-1;. The van der Waals surface area contributed by atoms with Crippen molar-refractivity contribution in [1.29, 1.82) is 0 Å². The normalized spacial score (nSPS) is 11.7. The van der Waals surface area contributed by atoms with Crippen LogP contribution in [-0.2, 0) is 23.1 Å². The van der Waals surface area contributed by atoms with Crippen molar-refractivity contribution < 1.29 is 66.7 Å². The number of hydrogen-bond acceptors (Lipinski definition) is 6. The SMILES string of the molecule is COc1ccc(C(=O)N=c2scc(CNS(=O)(=O)c3ccc(C)cc3)n2CCC[NH-])c(OC)c1.[Ac]. The first kappa shape index (κ1) is 29.7. The molecule has 0 spiro atoms. The molecule has 2 N–H and O–H groups in total. The van der Waals surface area contributed by atoms with Crippen molar-refractivity contribution >= 4 is 27.3 Å². The molecule has 3 rings (SSSR count). The van der Waals surface area contributed by atoms with Gasteiger partial charge in [0.25, 0.3) is 5.91 Å². The van der Waals surface area contributed by atoms with Crippen molar-refractivity contribution in [1.82, 2.24) is 9.29 Å². The maximum Gasteiger partial charge on any atom is 0.283 e. The molecular weight excluding hydrogens is 703 g/mol. The minimum absolute atomic E-state index is 0. The Morgan fingerprint density at radius 2 is 1.86 bits per heavy atom. The van der Waals surface area contributed by atoms with Crippen LogP contribution in [0, 0.1) is 51.0 Å². The molecule has 0 saturated carbocycles. The Hall–Kier alpha value is -1.55. The molecule has 0 unspecified atom stereocenters. The number of methoxy groups -OCH3 is 2. The molecular formula is C23H27AcN4O5S2-. The largest absolute Gasteiger partial charge is 0.677 e. The summed E-state index contributed by atoms with van der Waals surface area (Å²) in [4.78, 5) is 17.8. The molecule has 0 aliphatic rings. The fourth-order valence-corrected chi connectivity index (χ4v) is 5.09. The van der Waals surface area contributed by atoms with E-state index in [0.717, 1.165) is 5.56 Å². The van der Waals surface area contributed by atoms with E-state index in [1.165, 1.54) is 25.6 Å². The third kappa shape index (κ3) is 7.72. The van der Waals surface area contributed by atoms with Crippen LogP contribution in [0.2, 0.25) is 0 Å². The number of amides is 1. The Balaban J connectivity index is 0.00000432. The summed E-state index contributed by atoms with van der Waals surface area (Å²) in [6, 6.07) is 11.4. The molecule has 0 atom stereocenters. The summed E-state index contributed by atoms with van der Waals surface area (Å²) >= 11 is 1.23. The number of sulfonamides is 1. The second-order valence-corrected chi connectivity index (χ2v) is 9.99. The summed E-state index contributed by atoms with van der Waals surface area (Å²) in [5, 5.41) is 1.76. The molecule has 1 amide bonds. The van der Waals surface area contributed by atoms with Crippen LogP contribution in [0.1, 0.15) is 28.0 Å².